The molecule has 1 saturated carbocycles. The molecule has 1 unspecified atom stereocenters. The fourth-order valence-electron chi connectivity index (χ4n) is 4.21. The minimum absolute atomic E-state index is 0.368. The Hall–Kier alpha value is -1.10. The number of rotatable bonds is 7. The molecule has 140 valence electrons. The number of hydrogen-bond donors (Lipinski definition) is 1. The SMILES string of the molecule is CC(C)c1ccccc1OCC(O)CN1CCN(C2CCCC2)CC1. The summed E-state index contributed by atoms with van der Waals surface area (Å²) in [6, 6.07) is 8.97. The second-order valence-corrected chi connectivity index (χ2v) is 7.93. The van der Waals surface area contributed by atoms with E-state index in [9.17, 15) is 5.11 Å². The highest BCUT2D eigenvalue weighted by Crippen LogP contribution is 2.26. The van der Waals surface area contributed by atoms with Gasteiger partial charge < -0.3 is 9.84 Å². The quantitative estimate of drug-likeness (QED) is 0.823. The number of hydrogen-bond acceptors (Lipinski definition) is 4. The fraction of sp³-hybridized carbons (Fsp3) is 0.714. The molecule has 4 heteroatoms. The van der Waals surface area contributed by atoms with Gasteiger partial charge in [-0.05, 0) is 30.4 Å². The van der Waals surface area contributed by atoms with Crippen molar-refractivity contribution < 1.29 is 9.84 Å². The Morgan fingerprint density at radius 2 is 1.76 bits per heavy atom. The minimum Gasteiger partial charge on any atom is -0.491 e. The van der Waals surface area contributed by atoms with E-state index in [1.54, 1.807) is 0 Å². The van der Waals surface area contributed by atoms with Gasteiger partial charge in [-0.25, -0.2) is 0 Å². The average molecular weight is 347 g/mol. The van der Waals surface area contributed by atoms with Crippen LogP contribution in [0.3, 0.4) is 0 Å². The summed E-state index contributed by atoms with van der Waals surface area (Å²) in [5, 5.41) is 10.4. The van der Waals surface area contributed by atoms with Crippen LogP contribution in [0.15, 0.2) is 24.3 Å². The molecule has 0 radical (unpaired) electrons. The number of β-amino-alcohol motifs (C(OH)–C–C–N with tert-alkyl or cyclic N) is 1. The number of ether oxygens (including phenoxy) is 1. The summed E-state index contributed by atoms with van der Waals surface area (Å²) in [6.45, 7) is 9.84. The van der Waals surface area contributed by atoms with E-state index in [2.05, 4.69) is 29.7 Å². The van der Waals surface area contributed by atoms with E-state index in [1.165, 1.54) is 31.2 Å². The maximum Gasteiger partial charge on any atom is 0.122 e. The highest BCUT2D eigenvalue weighted by molar-refractivity contribution is 5.35. The van der Waals surface area contributed by atoms with E-state index in [1.807, 2.05) is 18.2 Å². The van der Waals surface area contributed by atoms with Gasteiger partial charge in [0.25, 0.3) is 0 Å². The lowest BCUT2D eigenvalue weighted by atomic mass is 10.0. The zero-order valence-corrected chi connectivity index (χ0v) is 15.9. The normalized spacial score (nSPS) is 21.8. The van der Waals surface area contributed by atoms with Crippen LogP contribution in [0.5, 0.6) is 5.75 Å². The van der Waals surface area contributed by atoms with Gasteiger partial charge >= 0.3 is 0 Å². The van der Waals surface area contributed by atoms with Gasteiger partial charge in [0.05, 0.1) is 0 Å². The fourth-order valence-corrected chi connectivity index (χ4v) is 4.21. The molecule has 3 rings (SSSR count). The van der Waals surface area contributed by atoms with Crippen LogP contribution in [0.4, 0.5) is 0 Å². The molecule has 2 aliphatic rings. The molecule has 1 aromatic rings. The molecule has 1 heterocycles. The lowest BCUT2D eigenvalue weighted by molar-refractivity contribution is 0.0368. The summed E-state index contributed by atoms with van der Waals surface area (Å²) in [7, 11) is 0. The van der Waals surface area contributed by atoms with Gasteiger partial charge in [-0.1, -0.05) is 44.9 Å². The van der Waals surface area contributed by atoms with E-state index >= 15 is 0 Å². The Labute approximate surface area is 152 Å². The molecule has 25 heavy (non-hydrogen) atoms. The molecule has 1 aromatic carbocycles. The molecule has 1 saturated heterocycles. The predicted molar refractivity (Wildman–Crippen MR) is 102 cm³/mol. The Morgan fingerprint density at radius 1 is 1.08 bits per heavy atom. The predicted octanol–water partition coefficient (Wildman–Crippen LogP) is 3.11. The molecule has 2 fully saturated rings. The number of aliphatic hydroxyl groups excluding tert-OH is 1. The second-order valence-electron chi connectivity index (χ2n) is 7.93. The minimum atomic E-state index is -0.432. The monoisotopic (exact) mass is 346 g/mol. The zero-order valence-electron chi connectivity index (χ0n) is 15.9. The standard InChI is InChI=1S/C21H34N2O2/c1-17(2)20-9-5-6-10-21(20)25-16-19(24)15-22-11-13-23(14-12-22)18-7-3-4-8-18/h5-6,9-10,17-19,24H,3-4,7-8,11-16H2,1-2H3. The number of nitrogens with zero attached hydrogens (tertiary/aromatic N) is 2. The molecule has 4 nitrogen and oxygen atoms in total. The first-order chi connectivity index (χ1) is 12.1. The van der Waals surface area contributed by atoms with Crippen molar-refractivity contribution in [3.8, 4) is 5.75 Å². The van der Waals surface area contributed by atoms with Crippen LogP contribution in [-0.2, 0) is 0 Å². The van der Waals surface area contributed by atoms with Crippen molar-refractivity contribution in [1.82, 2.24) is 9.80 Å². The Morgan fingerprint density at radius 3 is 2.44 bits per heavy atom. The van der Waals surface area contributed by atoms with E-state index in [0.717, 1.165) is 38.0 Å². The molecule has 0 spiro atoms. The van der Waals surface area contributed by atoms with Crippen molar-refractivity contribution in [3.05, 3.63) is 29.8 Å². The highest BCUT2D eigenvalue weighted by Gasteiger charge is 2.26. The molecular formula is C21H34N2O2. The number of aliphatic hydroxyl groups is 1. The van der Waals surface area contributed by atoms with E-state index in [0.29, 0.717) is 19.1 Å². The van der Waals surface area contributed by atoms with Crippen LogP contribution in [0.2, 0.25) is 0 Å². The van der Waals surface area contributed by atoms with Gasteiger partial charge in [0, 0.05) is 38.8 Å². The van der Waals surface area contributed by atoms with Gasteiger partial charge in [0.1, 0.15) is 18.5 Å². The summed E-state index contributed by atoms with van der Waals surface area (Å²) in [6.07, 6.45) is 5.13. The van der Waals surface area contributed by atoms with E-state index in [4.69, 9.17) is 4.74 Å². The maximum atomic E-state index is 10.4. The third-order valence-corrected chi connectivity index (χ3v) is 5.69. The van der Waals surface area contributed by atoms with Gasteiger partial charge in [-0.15, -0.1) is 0 Å². The van der Waals surface area contributed by atoms with Crippen LogP contribution in [0.25, 0.3) is 0 Å². The van der Waals surface area contributed by atoms with Gasteiger partial charge in [-0.3, -0.25) is 9.80 Å². The van der Waals surface area contributed by atoms with Gasteiger partial charge in [-0.2, -0.15) is 0 Å². The van der Waals surface area contributed by atoms with Crippen molar-refractivity contribution in [2.24, 2.45) is 0 Å². The van der Waals surface area contributed by atoms with Crippen molar-refractivity contribution in [2.75, 3.05) is 39.3 Å². The first kappa shape index (κ1) is 18.7. The lowest BCUT2D eigenvalue weighted by Gasteiger charge is -2.38. The number of piperazine rings is 1. The first-order valence-electron chi connectivity index (χ1n) is 9.99. The van der Waals surface area contributed by atoms with Crippen LogP contribution in [0, 0.1) is 0 Å². The van der Waals surface area contributed by atoms with Crippen molar-refractivity contribution in [3.63, 3.8) is 0 Å². The molecule has 0 bridgehead atoms. The Balaban J connectivity index is 1.40. The first-order valence-corrected chi connectivity index (χ1v) is 9.99. The highest BCUT2D eigenvalue weighted by atomic mass is 16.5. The maximum absolute atomic E-state index is 10.4. The largest absolute Gasteiger partial charge is 0.491 e. The van der Waals surface area contributed by atoms with Crippen molar-refractivity contribution in [2.45, 2.75) is 57.6 Å². The molecule has 1 N–H and O–H groups in total. The van der Waals surface area contributed by atoms with E-state index in [-0.39, 0.29) is 0 Å². The van der Waals surface area contributed by atoms with Crippen molar-refractivity contribution in [1.29, 1.82) is 0 Å². The molecule has 1 atom stereocenters. The Kier molecular flexibility index (Phi) is 6.74. The summed E-state index contributed by atoms with van der Waals surface area (Å²) in [5.74, 6) is 1.33. The second kappa shape index (κ2) is 9.02. The molecular weight excluding hydrogens is 312 g/mol. The topological polar surface area (TPSA) is 35.9 Å². The number of benzene rings is 1. The average Bonchev–Trinajstić information content (AvgIpc) is 3.15. The third kappa shape index (κ3) is 5.19. The summed E-state index contributed by atoms with van der Waals surface area (Å²) >= 11 is 0. The van der Waals surface area contributed by atoms with E-state index < -0.39 is 6.10 Å². The zero-order chi connectivity index (χ0) is 17.6. The van der Waals surface area contributed by atoms with Crippen LogP contribution in [0.1, 0.15) is 51.0 Å². The van der Waals surface area contributed by atoms with Gasteiger partial charge in [0.2, 0.25) is 0 Å². The summed E-state index contributed by atoms with van der Waals surface area (Å²) in [5.41, 5.74) is 1.21. The van der Waals surface area contributed by atoms with Crippen LogP contribution < -0.4 is 4.74 Å². The van der Waals surface area contributed by atoms with Crippen LogP contribution >= 0.6 is 0 Å². The summed E-state index contributed by atoms with van der Waals surface area (Å²) < 4.78 is 5.92. The molecule has 1 aliphatic heterocycles. The van der Waals surface area contributed by atoms with Crippen molar-refractivity contribution >= 4 is 0 Å². The smallest absolute Gasteiger partial charge is 0.122 e. The lowest BCUT2D eigenvalue weighted by Crippen LogP contribution is -2.51. The molecule has 1 aliphatic carbocycles. The third-order valence-electron chi connectivity index (χ3n) is 5.69. The summed E-state index contributed by atoms with van der Waals surface area (Å²) in [4.78, 5) is 5.04. The molecule has 0 amide bonds. The van der Waals surface area contributed by atoms with Crippen LogP contribution in [-0.4, -0.2) is 66.4 Å². The Bertz CT molecular complexity index is 520. The van der Waals surface area contributed by atoms with Gasteiger partial charge in [0.15, 0.2) is 0 Å². The molecule has 0 aromatic heterocycles. The number of para-hydroxylation sites is 1.